The van der Waals surface area contributed by atoms with Crippen molar-refractivity contribution in [1.29, 1.82) is 0 Å². The number of carbonyl (C=O) groups is 3. The highest BCUT2D eigenvalue weighted by atomic mass is 16.5. The molecule has 0 heterocycles. The Morgan fingerprint density at radius 2 is 1.56 bits per heavy atom. The predicted molar refractivity (Wildman–Crippen MR) is 131 cm³/mol. The SMILES string of the molecule is CCCC(CC(=O)N[C@H](C(=O)O)[C@@H](C)CC)NC(=O)OCC1c2ccccc2-c2ccccc21. The Kier molecular flexibility index (Phi) is 8.68. The highest BCUT2D eigenvalue weighted by Crippen LogP contribution is 2.44. The van der Waals surface area contributed by atoms with Gasteiger partial charge in [-0.3, -0.25) is 4.79 Å². The standard InChI is InChI=1S/C27H34N2O5/c1-4-10-18(15-24(30)29-25(26(31)32)17(3)5-2)28-27(33)34-16-23-21-13-8-6-11-19(21)20-12-7-9-14-22(20)23/h6-9,11-14,17-18,23,25H,4-5,10,15-16H2,1-3H3,(H,28,33)(H,29,30)(H,31,32)/t17-,18?,25-/m0/s1. The molecule has 7 heteroatoms. The van der Waals surface area contributed by atoms with Crippen molar-refractivity contribution >= 4 is 18.0 Å². The number of hydrogen-bond acceptors (Lipinski definition) is 4. The van der Waals surface area contributed by atoms with Crippen LogP contribution in [-0.2, 0) is 14.3 Å². The molecule has 3 atom stereocenters. The van der Waals surface area contributed by atoms with Gasteiger partial charge in [-0.15, -0.1) is 0 Å². The quantitative estimate of drug-likeness (QED) is 0.445. The van der Waals surface area contributed by atoms with Crippen molar-refractivity contribution in [2.75, 3.05) is 6.61 Å². The van der Waals surface area contributed by atoms with E-state index in [1.807, 2.05) is 38.1 Å². The minimum absolute atomic E-state index is 0.00174. The van der Waals surface area contributed by atoms with Gasteiger partial charge in [0.1, 0.15) is 12.6 Å². The molecule has 0 spiro atoms. The lowest BCUT2D eigenvalue weighted by Crippen LogP contribution is -2.47. The van der Waals surface area contributed by atoms with Crippen molar-refractivity contribution in [3.8, 4) is 11.1 Å². The van der Waals surface area contributed by atoms with Gasteiger partial charge in [0.05, 0.1) is 0 Å². The van der Waals surface area contributed by atoms with Gasteiger partial charge in [0.2, 0.25) is 5.91 Å². The molecular weight excluding hydrogens is 432 g/mol. The van der Waals surface area contributed by atoms with Crippen LogP contribution >= 0.6 is 0 Å². The minimum atomic E-state index is -1.06. The van der Waals surface area contributed by atoms with Crippen molar-refractivity contribution in [2.45, 2.75) is 64.5 Å². The van der Waals surface area contributed by atoms with E-state index in [-0.39, 0.29) is 24.9 Å². The molecule has 0 radical (unpaired) electrons. The van der Waals surface area contributed by atoms with E-state index in [1.165, 1.54) is 0 Å². The van der Waals surface area contributed by atoms with Crippen LogP contribution in [0, 0.1) is 5.92 Å². The molecule has 0 fully saturated rings. The average Bonchev–Trinajstić information content (AvgIpc) is 3.14. The molecule has 0 aromatic heterocycles. The lowest BCUT2D eigenvalue weighted by molar-refractivity contribution is -0.143. The fourth-order valence-corrected chi connectivity index (χ4v) is 4.52. The van der Waals surface area contributed by atoms with Crippen LogP contribution in [0.15, 0.2) is 48.5 Å². The number of carboxylic acid groups (broad SMARTS) is 1. The number of aliphatic carboxylic acids is 1. The summed E-state index contributed by atoms with van der Waals surface area (Å²) < 4.78 is 5.60. The summed E-state index contributed by atoms with van der Waals surface area (Å²) in [7, 11) is 0. The molecule has 182 valence electrons. The van der Waals surface area contributed by atoms with Gasteiger partial charge in [-0.05, 0) is 34.6 Å². The fourth-order valence-electron chi connectivity index (χ4n) is 4.52. The lowest BCUT2D eigenvalue weighted by Gasteiger charge is -2.23. The second kappa shape index (κ2) is 11.7. The van der Waals surface area contributed by atoms with Gasteiger partial charge in [0.15, 0.2) is 0 Å². The minimum Gasteiger partial charge on any atom is -0.480 e. The Labute approximate surface area is 200 Å². The molecule has 1 unspecified atom stereocenters. The van der Waals surface area contributed by atoms with Crippen LogP contribution in [0.4, 0.5) is 4.79 Å². The summed E-state index contributed by atoms with van der Waals surface area (Å²) >= 11 is 0. The molecular formula is C27H34N2O5. The number of hydrogen-bond donors (Lipinski definition) is 3. The first kappa shape index (κ1) is 25.3. The Hall–Kier alpha value is -3.35. The highest BCUT2D eigenvalue weighted by molar-refractivity contribution is 5.84. The first-order chi connectivity index (χ1) is 16.3. The number of carbonyl (C=O) groups excluding carboxylic acids is 2. The Morgan fingerprint density at radius 3 is 2.09 bits per heavy atom. The Bertz CT molecular complexity index is 976. The number of fused-ring (bicyclic) bond motifs is 3. The van der Waals surface area contributed by atoms with Gasteiger partial charge >= 0.3 is 12.1 Å². The Morgan fingerprint density at radius 1 is 0.971 bits per heavy atom. The second-order valence-corrected chi connectivity index (χ2v) is 8.93. The van der Waals surface area contributed by atoms with Crippen LogP contribution in [-0.4, -0.2) is 41.8 Å². The van der Waals surface area contributed by atoms with E-state index >= 15 is 0 Å². The maximum Gasteiger partial charge on any atom is 0.407 e. The van der Waals surface area contributed by atoms with Gasteiger partial charge < -0.3 is 20.5 Å². The molecule has 34 heavy (non-hydrogen) atoms. The zero-order valence-electron chi connectivity index (χ0n) is 20.0. The number of alkyl carbamates (subject to hydrolysis) is 1. The lowest BCUT2D eigenvalue weighted by atomic mass is 9.98. The van der Waals surface area contributed by atoms with Crippen LogP contribution in [0.5, 0.6) is 0 Å². The summed E-state index contributed by atoms with van der Waals surface area (Å²) in [4.78, 5) is 36.6. The van der Waals surface area contributed by atoms with E-state index < -0.39 is 30.1 Å². The van der Waals surface area contributed by atoms with Gasteiger partial charge in [-0.2, -0.15) is 0 Å². The summed E-state index contributed by atoms with van der Waals surface area (Å²) in [5, 5.41) is 14.8. The third kappa shape index (κ3) is 5.95. The molecule has 2 amide bonds. The van der Waals surface area contributed by atoms with Crippen molar-refractivity contribution in [3.05, 3.63) is 59.7 Å². The van der Waals surface area contributed by atoms with Crippen LogP contribution in [0.3, 0.4) is 0 Å². The highest BCUT2D eigenvalue weighted by Gasteiger charge is 2.30. The van der Waals surface area contributed by atoms with E-state index in [9.17, 15) is 19.5 Å². The second-order valence-electron chi connectivity index (χ2n) is 8.93. The number of carboxylic acids is 1. The van der Waals surface area contributed by atoms with E-state index in [1.54, 1.807) is 6.92 Å². The van der Waals surface area contributed by atoms with Gasteiger partial charge in [0, 0.05) is 18.4 Å². The van der Waals surface area contributed by atoms with Crippen molar-refractivity contribution in [3.63, 3.8) is 0 Å². The fraction of sp³-hybridized carbons (Fsp3) is 0.444. The Balaban J connectivity index is 1.59. The van der Waals surface area contributed by atoms with Crippen molar-refractivity contribution in [1.82, 2.24) is 10.6 Å². The van der Waals surface area contributed by atoms with Crippen molar-refractivity contribution in [2.24, 2.45) is 5.92 Å². The molecule has 2 aromatic rings. The molecule has 0 saturated heterocycles. The summed E-state index contributed by atoms with van der Waals surface area (Å²) in [6.45, 7) is 5.83. The number of amides is 2. The molecule has 0 saturated carbocycles. The van der Waals surface area contributed by atoms with E-state index in [4.69, 9.17) is 4.74 Å². The molecule has 2 aromatic carbocycles. The number of rotatable bonds is 11. The zero-order chi connectivity index (χ0) is 24.7. The van der Waals surface area contributed by atoms with Gasteiger partial charge in [0.25, 0.3) is 0 Å². The normalized spacial score (nSPS) is 14.9. The summed E-state index contributed by atoms with van der Waals surface area (Å²) in [5.41, 5.74) is 4.57. The van der Waals surface area contributed by atoms with Crippen LogP contribution < -0.4 is 10.6 Å². The van der Waals surface area contributed by atoms with Gasteiger partial charge in [-0.25, -0.2) is 9.59 Å². The number of nitrogens with one attached hydrogen (secondary N) is 2. The zero-order valence-corrected chi connectivity index (χ0v) is 20.0. The van der Waals surface area contributed by atoms with Crippen LogP contribution in [0.2, 0.25) is 0 Å². The molecule has 7 nitrogen and oxygen atoms in total. The summed E-state index contributed by atoms with van der Waals surface area (Å²) in [5.74, 6) is -1.69. The predicted octanol–water partition coefficient (Wildman–Crippen LogP) is 4.70. The molecule has 1 aliphatic rings. The summed E-state index contributed by atoms with van der Waals surface area (Å²) in [6, 6.07) is 14.9. The third-order valence-corrected chi connectivity index (χ3v) is 6.53. The van der Waals surface area contributed by atoms with Gasteiger partial charge in [-0.1, -0.05) is 82.1 Å². The molecule has 3 N–H and O–H groups in total. The first-order valence-corrected chi connectivity index (χ1v) is 12.0. The average molecular weight is 467 g/mol. The van der Waals surface area contributed by atoms with E-state index in [2.05, 4.69) is 34.9 Å². The molecule has 0 aliphatic heterocycles. The maximum atomic E-state index is 12.6. The third-order valence-electron chi connectivity index (χ3n) is 6.53. The smallest absolute Gasteiger partial charge is 0.407 e. The molecule has 1 aliphatic carbocycles. The molecule has 0 bridgehead atoms. The topological polar surface area (TPSA) is 105 Å². The van der Waals surface area contributed by atoms with E-state index in [0.29, 0.717) is 12.8 Å². The molecule has 3 rings (SSSR count). The first-order valence-electron chi connectivity index (χ1n) is 12.0. The number of benzene rings is 2. The number of ether oxygens (including phenoxy) is 1. The van der Waals surface area contributed by atoms with E-state index in [0.717, 1.165) is 28.7 Å². The summed E-state index contributed by atoms with van der Waals surface area (Å²) in [6.07, 6.45) is 1.39. The van der Waals surface area contributed by atoms with Crippen molar-refractivity contribution < 1.29 is 24.2 Å². The van der Waals surface area contributed by atoms with Crippen LogP contribution in [0.25, 0.3) is 11.1 Å². The monoisotopic (exact) mass is 466 g/mol. The van der Waals surface area contributed by atoms with Crippen LogP contribution in [0.1, 0.15) is 63.5 Å². The largest absolute Gasteiger partial charge is 0.480 e. The maximum absolute atomic E-state index is 12.6.